The molecule has 148 valence electrons. The lowest BCUT2D eigenvalue weighted by molar-refractivity contribution is -0.133. The first-order valence-corrected chi connectivity index (χ1v) is 9.30. The molecule has 1 amide bonds. The minimum Gasteiger partial charge on any atom is -0.461 e. The largest absolute Gasteiger partial charge is 0.461 e. The SMILES string of the molecule is CN=C(NCCc1cc2ccccc2o1)NC1CCN(C(=O)C(C)C)C1.I. The van der Waals surface area contributed by atoms with Crippen molar-refractivity contribution in [2.75, 3.05) is 26.7 Å². The average molecular weight is 484 g/mol. The number of rotatable bonds is 5. The fourth-order valence-electron chi connectivity index (χ4n) is 3.30. The summed E-state index contributed by atoms with van der Waals surface area (Å²) in [5.74, 6) is 2.01. The zero-order chi connectivity index (χ0) is 18.5. The van der Waals surface area contributed by atoms with E-state index in [0.29, 0.717) is 0 Å². The van der Waals surface area contributed by atoms with Gasteiger partial charge in [0.2, 0.25) is 5.91 Å². The standard InChI is InChI=1S/C20H28N4O2.HI/c1-14(2)19(25)24-11-9-16(13-24)23-20(21-3)22-10-8-17-12-15-6-4-5-7-18(15)26-17;/h4-7,12,14,16H,8-11,13H2,1-3H3,(H2,21,22,23);1H. The number of fused-ring (bicyclic) bond motifs is 1. The Morgan fingerprint density at radius 2 is 2.15 bits per heavy atom. The number of guanidine groups is 1. The van der Waals surface area contributed by atoms with Crippen LogP contribution in [0.25, 0.3) is 11.0 Å². The summed E-state index contributed by atoms with van der Waals surface area (Å²) in [5.41, 5.74) is 0.922. The quantitative estimate of drug-likeness (QED) is 0.389. The Labute approximate surface area is 177 Å². The van der Waals surface area contributed by atoms with Gasteiger partial charge in [0.15, 0.2) is 5.96 Å². The van der Waals surface area contributed by atoms with Gasteiger partial charge in [-0.2, -0.15) is 0 Å². The van der Waals surface area contributed by atoms with Crippen molar-refractivity contribution < 1.29 is 9.21 Å². The Bertz CT molecular complexity index is 754. The lowest BCUT2D eigenvalue weighted by Crippen LogP contribution is -2.45. The molecule has 1 fully saturated rings. The summed E-state index contributed by atoms with van der Waals surface area (Å²) in [6.07, 6.45) is 1.74. The Hall–Kier alpha value is -1.77. The van der Waals surface area contributed by atoms with Gasteiger partial charge in [-0.25, -0.2) is 0 Å². The van der Waals surface area contributed by atoms with Crippen LogP contribution in [0, 0.1) is 5.92 Å². The molecule has 1 aromatic carbocycles. The zero-order valence-electron chi connectivity index (χ0n) is 16.2. The predicted octanol–water partition coefficient (Wildman–Crippen LogP) is 3.02. The molecule has 2 N–H and O–H groups in total. The minimum atomic E-state index is 0. The number of hydrogen-bond donors (Lipinski definition) is 2. The molecule has 2 heterocycles. The second-order valence-corrected chi connectivity index (χ2v) is 7.07. The molecular weight excluding hydrogens is 455 g/mol. The summed E-state index contributed by atoms with van der Waals surface area (Å²) in [7, 11) is 1.77. The lowest BCUT2D eigenvalue weighted by atomic mass is 10.2. The molecule has 27 heavy (non-hydrogen) atoms. The highest BCUT2D eigenvalue weighted by atomic mass is 127. The third-order valence-electron chi connectivity index (χ3n) is 4.70. The molecule has 1 aliphatic heterocycles. The maximum Gasteiger partial charge on any atom is 0.225 e. The fourth-order valence-corrected chi connectivity index (χ4v) is 3.30. The normalized spacial score (nSPS) is 17.3. The topological polar surface area (TPSA) is 69.9 Å². The average Bonchev–Trinajstić information content (AvgIpc) is 3.26. The minimum absolute atomic E-state index is 0. The molecule has 1 aliphatic rings. The van der Waals surface area contributed by atoms with Gasteiger partial charge in [-0.05, 0) is 18.6 Å². The van der Waals surface area contributed by atoms with Crippen molar-refractivity contribution in [3.05, 3.63) is 36.1 Å². The van der Waals surface area contributed by atoms with Gasteiger partial charge in [-0.3, -0.25) is 9.79 Å². The van der Waals surface area contributed by atoms with E-state index in [1.165, 1.54) is 0 Å². The van der Waals surface area contributed by atoms with Gasteiger partial charge in [0.05, 0.1) is 0 Å². The number of nitrogens with one attached hydrogen (secondary N) is 2. The highest BCUT2D eigenvalue weighted by Gasteiger charge is 2.27. The summed E-state index contributed by atoms with van der Waals surface area (Å²) in [5, 5.41) is 7.88. The van der Waals surface area contributed by atoms with Crippen molar-refractivity contribution >= 4 is 46.8 Å². The van der Waals surface area contributed by atoms with Crippen LogP contribution in [0.4, 0.5) is 0 Å². The van der Waals surface area contributed by atoms with E-state index in [1.807, 2.05) is 36.9 Å². The van der Waals surface area contributed by atoms with Crippen LogP contribution < -0.4 is 10.6 Å². The third kappa shape index (κ3) is 5.60. The molecule has 0 bridgehead atoms. The van der Waals surface area contributed by atoms with E-state index in [2.05, 4.69) is 27.8 Å². The van der Waals surface area contributed by atoms with Crippen LogP contribution in [0.15, 0.2) is 39.7 Å². The van der Waals surface area contributed by atoms with Crippen LogP contribution in [0.5, 0.6) is 0 Å². The smallest absolute Gasteiger partial charge is 0.225 e. The van der Waals surface area contributed by atoms with Crippen molar-refractivity contribution in [3.8, 4) is 0 Å². The van der Waals surface area contributed by atoms with E-state index in [1.54, 1.807) is 7.05 Å². The van der Waals surface area contributed by atoms with Crippen LogP contribution in [0.2, 0.25) is 0 Å². The van der Waals surface area contributed by atoms with Gasteiger partial charge >= 0.3 is 0 Å². The number of carbonyl (C=O) groups is 1. The van der Waals surface area contributed by atoms with E-state index in [4.69, 9.17) is 4.42 Å². The molecule has 6 nitrogen and oxygen atoms in total. The van der Waals surface area contributed by atoms with Crippen molar-refractivity contribution in [2.24, 2.45) is 10.9 Å². The Kier molecular flexibility index (Phi) is 7.94. The molecule has 1 saturated heterocycles. The monoisotopic (exact) mass is 484 g/mol. The molecule has 0 saturated carbocycles. The molecule has 0 spiro atoms. The van der Waals surface area contributed by atoms with Crippen molar-refractivity contribution in [2.45, 2.75) is 32.7 Å². The molecule has 1 atom stereocenters. The summed E-state index contributed by atoms with van der Waals surface area (Å²) in [4.78, 5) is 18.3. The maximum atomic E-state index is 12.1. The van der Waals surface area contributed by atoms with Crippen molar-refractivity contribution in [1.82, 2.24) is 15.5 Å². The van der Waals surface area contributed by atoms with Crippen LogP contribution in [-0.4, -0.2) is 49.5 Å². The highest BCUT2D eigenvalue weighted by Crippen LogP contribution is 2.18. The van der Waals surface area contributed by atoms with Crippen LogP contribution in [0.3, 0.4) is 0 Å². The first-order chi connectivity index (χ1) is 12.6. The van der Waals surface area contributed by atoms with E-state index in [9.17, 15) is 4.79 Å². The zero-order valence-corrected chi connectivity index (χ0v) is 18.5. The number of hydrogen-bond acceptors (Lipinski definition) is 3. The molecule has 7 heteroatoms. The van der Waals surface area contributed by atoms with Crippen LogP contribution >= 0.6 is 24.0 Å². The molecule has 1 aromatic heterocycles. The van der Waals surface area contributed by atoms with E-state index in [-0.39, 0.29) is 41.8 Å². The first kappa shape index (κ1) is 21.5. The van der Waals surface area contributed by atoms with Gasteiger partial charge in [-0.15, -0.1) is 24.0 Å². The number of carbonyl (C=O) groups excluding carboxylic acids is 1. The van der Waals surface area contributed by atoms with Gasteiger partial charge in [-0.1, -0.05) is 32.0 Å². The number of likely N-dealkylation sites (tertiary alicyclic amines) is 1. The predicted molar refractivity (Wildman–Crippen MR) is 120 cm³/mol. The molecular formula is C20H29IN4O2. The second kappa shape index (κ2) is 9.96. The summed E-state index contributed by atoms with van der Waals surface area (Å²) >= 11 is 0. The molecule has 2 aromatic rings. The molecule has 3 rings (SSSR count). The van der Waals surface area contributed by atoms with E-state index >= 15 is 0 Å². The number of halogens is 1. The van der Waals surface area contributed by atoms with Gasteiger partial charge in [0.1, 0.15) is 11.3 Å². The maximum absolute atomic E-state index is 12.1. The van der Waals surface area contributed by atoms with Crippen molar-refractivity contribution in [3.63, 3.8) is 0 Å². The number of amides is 1. The number of para-hydroxylation sites is 1. The first-order valence-electron chi connectivity index (χ1n) is 9.30. The second-order valence-electron chi connectivity index (χ2n) is 7.07. The molecule has 1 unspecified atom stereocenters. The Morgan fingerprint density at radius 1 is 1.37 bits per heavy atom. The van der Waals surface area contributed by atoms with Gasteiger partial charge in [0, 0.05) is 50.4 Å². The number of nitrogens with zero attached hydrogens (tertiary/aromatic N) is 2. The molecule has 0 aliphatic carbocycles. The van der Waals surface area contributed by atoms with Crippen LogP contribution in [-0.2, 0) is 11.2 Å². The van der Waals surface area contributed by atoms with Crippen LogP contribution in [0.1, 0.15) is 26.0 Å². The van der Waals surface area contributed by atoms with E-state index < -0.39 is 0 Å². The Morgan fingerprint density at radius 3 is 2.85 bits per heavy atom. The number of benzene rings is 1. The summed E-state index contributed by atoms with van der Waals surface area (Å²) in [6, 6.07) is 10.4. The third-order valence-corrected chi connectivity index (χ3v) is 4.70. The molecule has 0 radical (unpaired) electrons. The lowest BCUT2D eigenvalue weighted by Gasteiger charge is -2.20. The van der Waals surface area contributed by atoms with E-state index in [0.717, 1.165) is 55.2 Å². The van der Waals surface area contributed by atoms with Gasteiger partial charge < -0.3 is 20.0 Å². The number of aliphatic imine (C=N–C) groups is 1. The van der Waals surface area contributed by atoms with Gasteiger partial charge in [0.25, 0.3) is 0 Å². The fraction of sp³-hybridized carbons (Fsp3) is 0.500. The van der Waals surface area contributed by atoms with Crippen molar-refractivity contribution in [1.29, 1.82) is 0 Å². The summed E-state index contributed by atoms with van der Waals surface area (Å²) < 4.78 is 5.84. The summed E-state index contributed by atoms with van der Waals surface area (Å²) in [6.45, 7) is 6.18. The highest BCUT2D eigenvalue weighted by molar-refractivity contribution is 14.0. The Balaban J connectivity index is 0.00000261. The number of furan rings is 1.